The van der Waals surface area contributed by atoms with Crippen molar-refractivity contribution < 1.29 is 4.79 Å². The molecule has 0 aliphatic carbocycles. The van der Waals surface area contributed by atoms with Crippen molar-refractivity contribution in [3.8, 4) is 0 Å². The van der Waals surface area contributed by atoms with Gasteiger partial charge in [0.1, 0.15) is 0 Å². The van der Waals surface area contributed by atoms with E-state index in [9.17, 15) is 4.79 Å². The predicted octanol–water partition coefficient (Wildman–Crippen LogP) is 2.41. The molecule has 1 amide bonds. The Morgan fingerprint density at radius 3 is 2.59 bits per heavy atom. The molecule has 1 aliphatic heterocycles. The van der Waals surface area contributed by atoms with Crippen LogP contribution in [-0.4, -0.2) is 37.0 Å². The fourth-order valence-electron chi connectivity index (χ4n) is 2.22. The minimum atomic E-state index is 0.220. The number of rotatable bonds is 7. The predicted molar refractivity (Wildman–Crippen MR) is 72.0 cm³/mol. The summed E-state index contributed by atoms with van der Waals surface area (Å²) < 4.78 is 0. The molecule has 0 aromatic heterocycles. The van der Waals surface area contributed by atoms with E-state index in [1.54, 1.807) is 0 Å². The lowest BCUT2D eigenvalue weighted by Gasteiger charge is -2.26. The average molecular weight is 240 g/mol. The number of nitrogens with one attached hydrogen (secondary N) is 1. The van der Waals surface area contributed by atoms with E-state index < -0.39 is 0 Å². The van der Waals surface area contributed by atoms with E-state index in [-0.39, 0.29) is 5.91 Å². The maximum atomic E-state index is 11.5. The summed E-state index contributed by atoms with van der Waals surface area (Å²) in [7, 11) is 0. The number of nitrogens with zero attached hydrogens (tertiary/aromatic N) is 1. The molecule has 100 valence electrons. The van der Waals surface area contributed by atoms with Gasteiger partial charge in [0.2, 0.25) is 5.91 Å². The van der Waals surface area contributed by atoms with Gasteiger partial charge in [-0.05, 0) is 51.2 Å². The van der Waals surface area contributed by atoms with Crippen LogP contribution >= 0.6 is 0 Å². The van der Waals surface area contributed by atoms with Gasteiger partial charge < -0.3 is 10.2 Å². The summed E-state index contributed by atoms with van der Waals surface area (Å²) in [5.74, 6) is 0.839. The number of hydrogen-bond donors (Lipinski definition) is 1. The molecule has 1 fully saturated rings. The first-order valence-corrected chi connectivity index (χ1v) is 7.17. The number of hydrogen-bond acceptors (Lipinski definition) is 2. The van der Waals surface area contributed by atoms with Gasteiger partial charge in [-0.1, -0.05) is 20.3 Å². The SMILES string of the molecule is CC(C)CCC(=O)NCCCN1CCCCC1. The van der Waals surface area contributed by atoms with Gasteiger partial charge in [-0.25, -0.2) is 0 Å². The number of carbonyl (C=O) groups is 1. The van der Waals surface area contributed by atoms with Crippen LogP contribution in [0.4, 0.5) is 0 Å². The van der Waals surface area contributed by atoms with Crippen LogP contribution in [-0.2, 0) is 4.79 Å². The largest absolute Gasteiger partial charge is 0.356 e. The lowest BCUT2D eigenvalue weighted by atomic mass is 10.1. The lowest BCUT2D eigenvalue weighted by molar-refractivity contribution is -0.121. The van der Waals surface area contributed by atoms with Crippen LogP contribution in [0.5, 0.6) is 0 Å². The van der Waals surface area contributed by atoms with Crippen molar-refractivity contribution in [2.75, 3.05) is 26.2 Å². The number of amides is 1. The Kier molecular flexibility index (Phi) is 7.25. The molecule has 0 aromatic carbocycles. The van der Waals surface area contributed by atoms with Crippen molar-refractivity contribution >= 4 is 5.91 Å². The standard InChI is InChI=1S/C14H28N2O/c1-13(2)7-8-14(17)15-9-6-12-16-10-4-3-5-11-16/h13H,3-12H2,1-2H3,(H,15,17). The van der Waals surface area contributed by atoms with Gasteiger partial charge in [0.05, 0.1) is 0 Å². The molecule has 17 heavy (non-hydrogen) atoms. The minimum Gasteiger partial charge on any atom is -0.356 e. The zero-order valence-electron chi connectivity index (χ0n) is 11.5. The van der Waals surface area contributed by atoms with Crippen molar-refractivity contribution in [3.63, 3.8) is 0 Å². The van der Waals surface area contributed by atoms with Crippen molar-refractivity contribution in [1.82, 2.24) is 10.2 Å². The Balaban J connectivity index is 1.94. The summed E-state index contributed by atoms with van der Waals surface area (Å²) in [6, 6.07) is 0. The van der Waals surface area contributed by atoms with Crippen LogP contribution in [0.1, 0.15) is 52.4 Å². The van der Waals surface area contributed by atoms with Gasteiger partial charge in [0, 0.05) is 13.0 Å². The van der Waals surface area contributed by atoms with Crippen molar-refractivity contribution in [3.05, 3.63) is 0 Å². The summed E-state index contributed by atoms with van der Waals surface area (Å²) in [5.41, 5.74) is 0. The van der Waals surface area contributed by atoms with Gasteiger partial charge >= 0.3 is 0 Å². The zero-order chi connectivity index (χ0) is 12.5. The van der Waals surface area contributed by atoms with Gasteiger partial charge in [-0.3, -0.25) is 4.79 Å². The van der Waals surface area contributed by atoms with Crippen LogP contribution in [0.2, 0.25) is 0 Å². The van der Waals surface area contributed by atoms with Gasteiger partial charge in [0.25, 0.3) is 0 Å². The fraction of sp³-hybridized carbons (Fsp3) is 0.929. The smallest absolute Gasteiger partial charge is 0.220 e. The van der Waals surface area contributed by atoms with Crippen molar-refractivity contribution in [2.24, 2.45) is 5.92 Å². The first-order valence-electron chi connectivity index (χ1n) is 7.17. The van der Waals surface area contributed by atoms with E-state index in [0.717, 1.165) is 25.9 Å². The van der Waals surface area contributed by atoms with Crippen LogP contribution in [0.15, 0.2) is 0 Å². The maximum Gasteiger partial charge on any atom is 0.220 e. The maximum absolute atomic E-state index is 11.5. The molecule has 0 unspecified atom stereocenters. The molecule has 3 heteroatoms. The monoisotopic (exact) mass is 240 g/mol. The zero-order valence-corrected chi connectivity index (χ0v) is 11.5. The van der Waals surface area contributed by atoms with Gasteiger partial charge in [-0.2, -0.15) is 0 Å². The summed E-state index contributed by atoms with van der Waals surface area (Å²) in [6.07, 6.45) is 6.86. The third kappa shape index (κ3) is 7.37. The molecule has 0 bridgehead atoms. The highest BCUT2D eigenvalue weighted by atomic mass is 16.1. The average Bonchev–Trinajstić information content (AvgIpc) is 2.33. The molecule has 1 heterocycles. The van der Waals surface area contributed by atoms with Gasteiger partial charge in [-0.15, -0.1) is 0 Å². The van der Waals surface area contributed by atoms with E-state index in [0.29, 0.717) is 12.3 Å². The van der Waals surface area contributed by atoms with Crippen LogP contribution in [0.25, 0.3) is 0 Å². The number of likely N-dealkylation sites (tertiary alicyclic amines) is 1. The van der Waals surface area contributed by atoms with Crippen LogP contribution in [0.3, 0.4) is 0 Å². The van der Waals surface area contributed by atoms with E-state index in [4.69, 9.17) is 0 Å². The topological polar surface area (TPSA) is 32.3 Å². The molecule has 0 radical (unpaired) electrons. The van der Waals surface area contributed by atoms with Crippen molar-refractivity contribution in [2.45, 2.75) is 52.4 Å². The second kappa shape index (κ2) is 8.51. The highest BCUT2D eigenvalue weighted by molar-refractivity contribution is 5.75. The summed E-state index contributed by atoms with van der Waals surface area (Å²) >= 11 is 0. The summed E-state index contributed by atoms with van der Waals surface area (Å²) in [6.45, 7) is 8.80. The minimum absolute atomic E-state index is 0.220. The number of carbonyl (C=O) groups excluding carboxylic acids is 1. The van der Waals surface area contributed by atoms with E-state index in [2.05, 4.69) is 24.1 Å². The molecule has 0 spiro atoms. The quantitative estimate of drug-likeness (QED) is 0.693. The Hall–Kier alpha value is -0.570. The Bertz CT molecular complexity index is 210. The summed E-state index contributed by atoms with van der Waals surface area (Å²) in [5, 5.41) is 3.01. The molecular formula is C14H28N2O. The van der Waals surface area contributed by atoms with E-state index >= 15 is 0 Å². The third-order valence-electron chi connectivity index (χ3n) is 3.37. The summed E-state index contributed by atoms with van der Waals surface area (Å²) in [4.78, 5) is 14.0. The second-order valence-electron chi connectivity index (χ2n) is 5.54. The molecule has 0 atom stereocenters. The molecule has 0 aromatic rings. The molecule has 3 nitrogen and oxygen atoms in total. The molecule has 1 saturated heterocycles. The highest BCUT2D eigenvalue weighted by Crippen LogP contribution is 2.08. The van der Waals surface area contributed by atoms with Crippen molar-refractivity contribution in [1.29, 1.82) is 0 Å². The molecule has 1 rings (SSSR count). The van der Waals surface area contributed by atoms with Crippen LogP contribution in [0, 0.1) is 5.92 Å². The molecule has 1 aliphatic rings. The normalized spacial score (nSPS) is 17.4. The Labute approximate surface area is 106 Å². The van der Waals surface area contributed by atoms with E-state index in [1.807, 2.05) is 0 Å². The van der Waals surface area contributed by atoms with Crippen LogP contribution < -0.4 is 5.32 Å². The first kappa shape index (κ1) is 14.5. The molecular weight excluding hydrogens is 212 g/mol. The fourth-order valence-corrected chi connectivity index (χ4v) is 2.22. The van der Waals surface area contributed by atoms with E-state index in [1.165, 1.54) is 32.4 Å². The highest BCUT2D eigenvalue weighted by Gasteiger charge is 2.09. The Morgan fingerprint density at radius 1 is 1.24 bits per heavy atom. The second-order valence-corrected chi connectivity index (χ2v) is 5.54. The molecule has 1 N–H and O–H groups in total. The Morgan fingerprint density at radius 2 is 1.94 bits per heavy atom. The number of piperidine rings is 1. The first-order chi connectivity index (χ1) is 8.18. The third-order valence-corrected chi connectivity index (χ3v) is 3.37. The molecule has 0 saturated carbocycles. The van der Waals surface area contributed by atoms with Gasteiger partial charge in [0.15, 0.2) is 0 Å². The lowest BCUT2D eigenvalue weighted by Crippen LogP contribution is -2.33.